The van der Waals surface area contributed by atoms with Gasteiger partial charge in [-0.2, -0.15) is 5.10 Å². The SMILES string of the molecule is Cc1cnn(C[C@@H]2CCCN2C(=O)[C@H](C)n2cnc3ccccc32)c1. The van der Waals surface area contributed by atoms with Crippen molar-refractivity contribution in [3.05, 3.63) is 48.5 Å². The maximum absolute atomic E-state index is 13.1. The van der Waals surface area contributed by atoms with E-state index in [1.54, 1.807) is 6.33 Å². The Kier molecular flexibility index (Phi) is 4.03. The van der Waals surface area contributed by atoms with Gasteiger partial charge in [-0.05, 0) is 44.4 Å². The largest absolute Gasteiger partial charge is 0.336 e. The van der Waals surface area contributed by atoms with E-state index in [9.17, 15) is 4.79 Å². The van der Waals surface area contributed by atoms with Gasteiger partial charge in [0.1, 0.15) is 6.04 Å². The molecule has 25 heavy (non-hydrogen) atoms. The molecule has 4 rings (SSSR count). The Morgan fingerprint density at radius 2 is 2.20 bits per heavy atom. The molecule has 6 nitrogen and oxygen atoms in total. The third-order valence-electron chi connectivity index (χ3n) is 5.08. The van der Waals surface area contributed by atoms with Crippen molar-refractivity contribution < 1.29 is 4.79 Å². The number of nitrogens with zero attached hydrogens (tertiary/aromatic N) is 5. The quantitative estimate of drug-likeness (QED) is 0.735. The first-order chi connectivity index (χ1) is 12.1. The number of carbonyl (C=O) groups excluding carboxylic acids is 1. The summed E-state index contributed by atoms with van der Waals surface area (Å²) >= 11 is 0. The maximum atomic E-state index is 13.1. The molecular weight excluding hydrogens is 314 g/mol. The molecule has 1 saturated heterocycles. The Bertz CT molecular complexity index is 896. The number of benzene rings is 1. The van der Waals surface area contributed by atoms with Crippen LogP contribution < -0.4 is 0 Å². The minimum absolute atomic E-state index is 0.162. The molecular formula is C19H23N5O. The topological polar surface area (TPSA) is 56.0 Å². The monoisotopic (exact) mass is 337 g/mol. The Hall–Kier alpha value is -2.63. The van der Waals surface area contributed by atoms with Crippen LogP contribution in [-0.2, 0) is 11.3 Å². The zero-order valence-corrected chi connectivity index (χ0v) is 14.7. The number of rotatable bonds is 4. The van der Waals surface area contributed by atoms with Gasteiger partial charge in [-0.25, -0.2) is 4.98 Å². The van der Waals surface area contributed by atoms with Crippen molar-refractivity contribution in [2.24, 2.45) is 0 Å². The van der Waals surface area contributed by atoms with Crippen LogP contribution in [0, 0.1) is 6.92 Å². The van der Waals surface area contributed by atoms with E-state index in [-0.39, 0.29) is 18.0 Å². The number of aryl methyl sites for hydroxylation is 1. The van der Waals surface area contributed by atoms with E-state index < -0.39 is 0 Å². The number of fused-ring (bicyclic) bond motifs is 1. The highest BCUT2D eigenvalue weighted by atomic mass is 16.2. The van der Waals surface area contributed by atoms with Gasteiger partial charge < -0.3 is 9.47 Å². The van der Waals surface area contributed by atoms with Crippen molar-refractivity contribution in [1.82, 2.24) is 24.2 Å². The van der Waals surface area contributed by atoms with Crippen molar-refractivity contribution in [1.29, 1.82) is 0 Å². The van der Waals surface area contributed by atoms with E-state index in [2.05, 4.69) is 10.1 Å². The average molecular weight is 337 g/mol. The molecule has 3 heterocycles. The highest BCUT2D eigenvalue weighted by Gasteiger charge is 2.32. The first kappa shape index (κ1) is 15.9. The van der Waals surface area contributed by atoms with E-state index in [4.69, 9.17) is 0 Å². The Morgan fingerprint density at radius 3 is 3.00 bits per heavy atom. The van der Waals surface area contributed by atoms with E-state index in [1.807, 2.05) is 64.7 Å². The highest BCUT2D eigenvalue weighted by Crippen LogP contribution is 2.25. The Labute approximate surface area is 147 Å². The molecule has 2 atom stereocenters. The first-order valence-corrected chi connectivity index (χ1v) is 8.84. The van der Waals surface area contributed by atoms with Gasteiger partial charge in [0, 0.05) is 12.7 Å². The van der Waals surface area contributed by atoms with E-state index in [0.29, 0.717) is 0 Å². The molecule has 0 unspecified atom stereocenters. The average Bonchev–Trinajstić information content (AvgIpc) is 3.34. The summed E-state index contributed by atoms with van der Waals surface area (Å²) in [6.07, 6.45) is 7.75. The van der Waals surface area contributed by atoms with Crippen LogP contribution in [-0.4, -0.2) is 42.7 Å². The summed E-state index contributed by atoms with van der Waals surface area (Å²) in [5, 5.41) is 4.37. The number of amides is 1. The van der Waals surface area contributed by atoms with Crippen LogP contribution in [0.1, 0.15) is 31.4 Å². The third-order valence-corrected chi connectivity index (χ3v) is 5.08. The van der Waals surface area contributed by atoms with Crippen molar-refractivity contribution in [2.75, 3.05) is 6.54 Å². The number of para-hydroxylation sites is 2. The van der Waals surface area contributed by atoms with Gasteiger partial charge in [-0.3, -0.25) is 9.48 Å². The number of imidazole rings is 1. The Balaban J connectivity index is 1.54. The van der Waals surface area contributed by atoms with Gasteiger partial charge in [0.25, 0.3) is 0 Å². The fourth-order valence-corrected chi connectivity index (χ4v) is 3.74. The minimum atomic E-state index is -0.257. The lowest BCUT2D eigenvalue weighted by Gasteiger charge is -2.28. The van der Waals surface area contributed by atoms with Crippen LogP contribution >= 0.6 is 0 Å². The minimum Gasteiger partial charge on any atom is -0.336 e. The van der Waals surface area contributed by atoms with Gasteiger partial charge in [0.2, 0.25) is 5.91 Å². The van der Waals surface area contributed by atoms with E-state index in [1.165, 1.54) is 0 Å². The molecule has 1 aliphatic rings. The fraction of sp³-hybridized carbons (Fsp3) is 0.421. The smallest absolute Gasteiger partial charge is 0.245 e. The fourth-order valence-electron chi connectivity index (χ4n) is 3.74. The summed E-state index contributed by atoms with van der Waals surface area (Å²) in [7, 11) is 0. The summed E-state index contributed by atoms with van der Waals surface area (Å²) in [5.74, 6) is 0.162. The van der Waals surface area contributed by atoms with Gasteiger partial charge >= 0.3 is 0 Å². The molecule has 0 N–H and O–H groups in total. The second kappa shape index (κ2) is 6.35. The van der Waals surface area contributed by atoms with Crippen LogP contribution in [0.2, 0.25) is 0 Å². The van der Waals surface area contributed by atoms with Crippen LogP contribution in [0.4, 0.5) is 0 Å². The highest BCUT2D eigenvalue weighted by molar-refractivity contribution is 5.84. The zero-order valence-electron chi connectivity index (χ0n) is 14.7. The molecule has 0 bridgehead atoms. The predicted octanol–water partition coefficient (Wildman–Crippen LogP) is 2.79. The number of likely N-dealkylation sites (tertiary alicyclic amines) is 1. The molecule has 1 fully saturated rings. The molecule has 0 radical (unpaired) electrons. The molecule has 6 heteroatoms. The van der Waals surface area contributed by atoms with Crippen molar-refractivity contribution in [3.63, 3.8) is 0 Å². The zero-order chi connectivity index (χ0) is 17.4. The molecule has 0 spiro atoms. The van der Waals surface area contributed by atoms with Crippen LogP contribution in [0.3, 0.4) is 0 Å². The lowest BCUT2D eigenvalue weighted by atomic mass is 10.2. The number of hydrogen-bond donors (Lipinski definition) is 0. The van der Waals surface area contributed by atoms with E-state index in [0.717, 1.165) is 42.5 Å². The second-order valence-corrected chi connectivity index (χ2v) is 6.88. The molecule has 2 aromatic heterocycles. The molecule has 0 aliphatic carbocycles. The predicted molar refractivity (Wildman–Crippen MR) is 96.1 cm³/mol. The van der Waals surface area contributed by atoms with Crippen molar-refractivity contribution in [2.45, 2.75) is 45.3 Å². The molecule has 1 amide bonds. The number of aromatic nitrogens is 4. The summed E-state index contributed by atoms with van der Waals surface area (Å²) < 4.78 is 3.92. The maximum Gasteiger partial charge on any atom is 0.245 e. The Morgan fingerprint density at radius 1 is 1.36 bits per heavy atom. The summed E-state index contributed by atoms with van der Waals surface area (Å²) in [6.45, 7) is 5.58. The van der Waals surface area contributed by atoms with E-state index >= 15 is 0 Å². The van der Waals surface area contributed by atoms with Gasteiger partial charge in [-0.15, -0.1) is 0 Å². The summed E-state index contributed by atoms with van der Waals surface area (Å²) in [4.78, 5) is 19.6. The molecule has 1 aliphatic heterocycles. The van der Waals surface area contributed by atoms with Crippen molar-refractivity contribution >= 4 is 16.9 Å². The second-order valence-electron chi connectivity index (χ2n) is 6.88. The normalized spacial score (nSPS) is 18.8. The first-order valence-electron chi connectivity index (χ1n) is 8.84. The molecule has 0 saturated carbocycles. The third kappa shape index (κ3) is 2.92. The molecule has 1 aromatic carbocycles. The number of hydrogen-bond acceptors (Lipinski definition) is 3. The van der Waals surface area contributed by atoms with Crippen LogP contribution in [0.15, 0.2) is 43.0 Å². The standard InChI is InChI=1S/C19H23N5O/c1-14-10-21-22(11-14)12-16-6-5-9-23(16)19(25)15(2)24-13-20-17-7-3-4-8-18(17)24/h3-4,7-8,10-11,13,15-16H,5-6,9,12H2,1-2H3/t15-,16-/m0/s1. The molecule has 130 valence electrons. The van der Waals surface area contributed by atoms with Gasteiger partial charge in [0.05, 0.1) is 36.1 Å². The lowest BCUT2D eigenvalue weighted by molar-refractivity contribution is -0.135. The van der Waals surface area contributed by atoms with Crippen LogP contribution in [0.25, 0.3) is 11.0 Å². The number of carbonyl (C=O) groups is 1. The molecule has 3 aromatic rings. The summed E-state index contributed by atoms with van der Waals surface area (Å²) in [6, 6.07) is 7.89. The summed E-state index contributed by atoms with van der Waals surface area (Å²) in [5.41, 5.74) is 3.07. The van der Waals surface area contributed by atoms with Crippen molar-refractivity contribution in [3.8, 4) is 0 Å². The lowest BCUT2D eigenvalue weighted by Crippen LogP contribution is -2.41. The van der Waals surface area contributed by atoms with Crippen LogP contribution in [0.5, 0.6) is 0 Å². The van der Waals surface area contributed by atoms with Gasteiger partial charge in [0.15, 0.2) is 0 Å². The van der Waals surface area contributed by atoms with Gasteiger partial charge in [-0.1, -0.05) is 12.1 Å².